The second-order valence-corrected chi connectivity index (χ2v) is 17.8. The lowest BCUT2D eigenvalue weighted by atomic mass is 9.49. The Hall–Kier alpha value is -2.41. The third-order valence-electron chi connectivity index (χ3n) is 8.58. The normalized spacial score (nSPS) is 28.9. The summed E-state index contributed by atoms with van der Waals surface area (Å²) in [5.41, 5.74) is -1.07. The highest BCUT2D eigenvalue weighted by Crippen LogP contribution is 2.61. The Labute approximate surface area is 227 Å². The Morgan fingerprint density at radius 3 is 2.11 bits per heavy atom. The van der Waals surface area contributed by atoms with Gasteiger partial charge in [-0.25, -0.2) is 0 Å². The molecule has 0 radical (unpaired) electrons. The average Bonchev–Trinajstić information content (AvgIpc) is 2.83. The van der Waals surface area contributed by atoms with Gasteiger partial charge < -0.3 is 10.2 Å². The molecule has 5 nitrogen and oxygen atoms in total. The number of halogens is 1. The zero-order valence-corrected chi connectivity index (χ0v) is 24.5. The van der Waals surface area contributed by atoms with Crippen molar-refractivity contribution in [3.8, 4) is 0 Å². The van der Waals surface area contributed by atoms with Gasteiger partial charge >= 0.3 is 11.9 Å². The number of carbonyl (C=O) groups is 2. The standard InChI is InChI=1S/C30H40ClNO4Si/c1-21-29(27(33)34,17-11-14-23-12-8-7-9-13-23)26(24-15-10-16-25(31)20-24)30(28(35)36,22(2)32(21)3)18-19-37(4,5)6/h7-16,20-22,26H,17-19H2,1-6H3,(H,33,34)(H,35,36). The molecule has 1 saturated heterocycles. The van der Waals surface area contributed by atoms with Crippen molar-refractivity contribution in [3.05, 3.63) is 76.8 Å². The molecule has 3 rings (SSSR count). The van der Waals surface area contributed by atoms with Gasteiger partial charge in [0.2, 0.25) is 0 Å². The quantitative estimate of drug-likeness (QED) is 0.330. The summed E-state index contributed by atoms with van der Waals surface area (Å²) in [6.07, 6.45) is 4.42. The van der Waals surface area contributed by atoms with Crippen LogP contribution in [0.5, 0.6) is 0 Å². The molecule has 2 aromatic carbocycles. The van der Waals surface area contributed by atoms with Crippen LogP contribution in [0, 0.1) is 10.8 Å². The fourth-order valence-electron chi connectivity index (χ4n) is 6.26. The van der Waals surface area contributed by atoms with Crippen molar-refractivity contribution in [1.29, 1.82) is 0 Å². The van der Waals surface area contributed by atoms with E-state index in [4.69, 9.17) is 11.6 Å². The topological polar surface area (TPSA) is 77.8 Å². The molecular formula is C30H40ClNO4Si. The van der Waals surface area contributed by atoms with Gasteiger partial charge in [-0.2, -0.15) is 0 Å². The van der Waals surface area contributed by atoms with E-state index in [1.165, 1.54) is 0 Å². The molecule has 1 fully saturated rings. The highest BCUT2D eigenvalue weighted by molar-refractivity contribution is 6.76. The van der Waals surface area contributed by atoms with Crippen molar-refractivity contribution in [1.82, 2.24) is 4.90 Å². The highest BCUT2D eigenvalue weighted by Gasteiger charge is 2.68. The highest BCUT2D eigenvalue weighted by atomic mass is 35.5. The van der Waals surface area contributed by atoms with Gasteiger partial charge in [-0.05, 0) is 57.0 Å². The molecule has 2 N–H and O–H groups in total. The van der Waals surface area contributed by atoms with Gasteiger partial charge in [0.05, 0.1) is 10.8 Å². The van der Waals surface area contributed by atoms with Crippen molar-refractivity contribution >= 4 is 37.7 Å². The maximum Gasteiger partial charge on any atom is 0.312 e. The number of allylic oxidation sites excluding steroid dienone is 1. The number of hydrogen-bond donors (Lipinski definition) is 2. The number of carboxylic acids is 2. The molecule has 1 aliphatic heterocycles. The van der Waals surface area contributed by atoms with Crippen LogP contribution in [0.25, 0.3) is 6.08 Å². The summed E-state index contributed by atoms with van der Waals surface area (Å²) >= 11 is 6.43. The van der Waals surface area contributed by atoms with E-state index in [1.807, 2.05) is 74.3 Å². The lowest BCUT2D eigenvalue weighted by Crippen LogP contribution is -2.69. The second kappa shape index (κ2) is 11.1. The number of aliphatic carboxylic acids is 2. The Bertz CT molecular complexity index is 1150. The third kappa shape index (κ3) is 5.57. The first-order valence-electron chi connectivity index (χ1n) is 12.9. The number of nitrogens with zero attached hydrogens (tertiary/aromatic N) is 1. The molecule has 37 heavy (non-hydrogen) atoms. The van der Waals surface area contributed by atoms with Crippen LogP contribution in [0.1, 0.15) is 43.7 Å². The Morgan fingerprint density at radius 2 is 1.57 bits per heavy atom. The van der Waals surface area contributed by atoms with Crippen LogP contribution in [-0.4, -0.2) is 54.3 Å². The maximum absolute atomic E-state index is 13.5. The molecule has 5 unspecified atom stereocenters. The lowest BCUT2D eigenvalue weighted by Gasteiger charge is -2.61. The van der Waals surface area contributed by atoms with E-state index in [-0.39, 0.29) is 12.5 Å². The molecule has 0 amide bonds. The van der Waals surface area contributed by atoms with E-state index < -0.39 is 42.8 Å². The molecule has 1 aliphatic rings. The number of rotatable bonds is 9. The Morgan fingerprint density at radius 1 is 0.973 bits per heavy atom. The molecule has 5 atom stereocenters. The first kappa shape index (κ1) is 29.1. The molecule has 2 aromatic rings. The third-order valence-corrected chi connectivity index (χ3v) is 10.6. The summed E-state index contributed by atoms with van der Waals surface area (Å²) in [7, 11) is 0.213. The minimum Gasteiger partial charge on any atom is -0.481 e. The number of likely N-dealkylation sites (tertiary alicyclic amines) is 1. The molecule has 0 aliphatic carbocycles. The number of hydrogen-bond acceptors (Lipinski definition) is 3. The number of piperidine rings is 1. The van der Waals surface area contributed by atoms with Gasteiger partial charge in [-0.3, -0.25) is 14.5 Å². The fraction of sp³-hybridized carbons (Fsp3) is 0.467. The zero-order chi connectivity index (χ0) is 27.6. The molecule has 200 valence electrons. The van der Waals surface area contributed by atoms with Crippen molar-refractivity contribution in [2.24, 2.45) is 10.8 Å². The maximum atomic E-state index is 13.5. The van der Waals surface area contributed by atoms with Crippen LogP contribution in [0.4, 0.5) is 0 Å². The molecule has 0 spiro atoms. The van der Waals surface area contributed by atoms with Crippen LogP contribution in [0.15, 0.2) is 60.7 Å². The lowest BCUT2D eigenvalue weighted by molar-refractivity contribution is -0.186. The smallest absolute Gasteiger partial charge is 0.312 e. The number of benzene rings is 2. The predicted molar refractivity (Wildman–Crippen MR) is 154 cm³/mol. The monoisotopic (exact) mass is 541 g/mol. The number of carboxylic acid groups (broad SMARTS) is 2. The van der Waals surface area contributed by atoms with Gasteiger partial charge in [0.1, 0.15) is 0 Å². The van der Waals surface area contributed by atoms with Crippen LogP contribution >= 0.6 is 11.6 Å². The molecule has 0 aromatic heterocycles. The predicted octanol–water partition coefficient (Wildman–Crippen LogP) is 7.12. The van der Waals surface area contributed by atoms with Crippen molar-refractivity contribution in [2.75, 3.05) is 7.05 Å². The van der Waals surface area contributed by atoms with E-state index in [9.17, 15) is 19.8 Å². The Kier molecular flexibility index (Phi) is 8.77. The molecular weight excluding hydrogens is 502 g/mol. The fourth-order valence-corrected chi connectivity index (χ4v) is 7.62. The SMILES string of the molecule is CC1N(C)C(C)C(CC[Si](C)(C)C)(C(=O)O)C(c2cccc(Cl)c2)C1(CC=Cc1ccccc1)C(=O)O. The summed E-state index contributed by atoms with van der Waals surface area (Å²) in [5, 5.41) is 22.5. The minimum atomic E-state index is -1.66. The zero-order valence-electron chi connectivity index (χ0n) is 22.7. The Balaban J connectivity index is 2.32. The first-order chi connectivity index (χ1) is 17.3. The van der Waals surface area contributed by atoms with E-state index in [2.05, 4.69) is 19.6 Å². The molecule has 0 saturated carbocycles. The van der Waals surface area contributed by atoms with E-state index in [1.54, 1.807) is 18.2 Å². The van der Waals surface area contributed by atoms with Gasteiger partial charge in [0.25, 0.3) is 0 Å². The average molecular weight is 542 g/mol. The van der Waals surface area contributed by atoms with Gasteiger partial charge in [-0.1, -0.05) is 91.9 Å². The first-order valence-corrected chi connectivity index (χ1v) is 17.0. The summed E-state index contributed by atoms with van der Waals surface area (Å²) in [4.78, 5) is 28.9. The van der Waals surface area contributed by atoms with Crippen molar-refractivity contribution in [3.63, 3.8) is 0 Å². The van der Waals surface area contributed by atoms with E-state index in [0.717, 1.165) is 11.6 Å². The van der Waals surface area contributed by atoms with Crippen LogP contribution in [0.3, 0.4) is 0 Å². The summed E-state index contributed by atoms with van der Waals surface area (Å²) in [5.74, 6) is -2.72. The van der Waals surface area contributed by atoms with Gasteiger partial charge in [0, 0.05) is 31.1 Å². The summed E-state index contributed by atoms with van der Waals surface area (Å²) < 4.78 is 0. The minimum absolute atomic E-state index is 0.189. The largest absolute Gasteiger partial charge is 0.481 e. The van der Waals surface area contributed by atoms with Gasteiger partial charge in [0.15, 0.2) is 0 Å². The summed E-state index contributed by atoms with van der Waals surface area (Å²) in [6.45, 7) is 10.5. The van der Waals surface area contributed by atoms with Crippen molar-refractivity contribution in [2.45, 2.75) is 70.4 Å². The van der Waals surface area contributed by atoms with Crippen LogP contribution < -0.4 is 0 Å². The molecule has 0 bridgehead atoms. The molecule has 1 heterocycles. The summed E-state index contributed by atoms with van der Waals surface area (Å²) in [6, 6.07) is 16.9. The van der Waals surface area contributed by atoms with Gasteiger partial charge in [-0.15, -0.1) is 0 Å². The van der Waals surface area contributed by atoms with Crippen LogP contribution in [0.2, 0.25) is 30.7 Å². The van der Waals surface area contributed by atoms with E-state index in [0.29, 0.717) is 17.0 Å². The van der Waals surface area contributed by atoms with Crippen LogP contribution in [-0.2, 0) is 9.59 Å². The molecule has 7 heteroatoms. The van der Waals surface area contributed by atoms with Crippen molar-refractivity contribution < 1.29 is 19.8 Å². The second-order valence-electron chi connectivity index (χ2n) is 11.8. The van der Waals surface area contributed by atoms with E-state index >= 15 is 0 Å².